The van der Waals surface area contributed by atoms with Crippen LogP contribution in [0.2, 0.25) is 0 Å². The summed E-state index contributed by atoms with van der Waals surface area (Å²) in [6, 6.07) is 5.11. The zero-order valence-electron chi connectivity index (χ0n) is 10.9. The minimum Gasteiger partial charge on any atom is -0.434 e. The van der Waals surface area contributed by atoms with Gasteiger partial charge in [-0.2, -0.15) is 8.78 Å². The molecule has 1 saturated heterocycles. The Balaban J connectivity index is 2.38. The van der Waals surface area contributed by atoms with Crippen LogP contribution in [0.5, 0.6) is 5.75 Å². The number of hydrogen-bond acceptors (Lipinski definition) is 3. The van der Waals surface area contributed by atoms with Crippen molar-refractivity contribution in [2.24, 2.45) is 0 Å². The van der Waals surface area contributed by atoms with Crippen LogP contribution in [0.15, 0.2) is 24.3 Å². The minimum atomic E-state index is -2.95. The van der Waals surface area contributed by atoms with Crippen molar-refractivity contribution in [1.82, 2.24) is 10.2 Å². The van der Waals surface area contributed by atoms with E-state index < -0.39 is 18.7 Å². The van der Waals surface area contributed by atoms with E-state index in [0.717, 1.165) is 0 Å². The fourth-order valence-corrected chi connectivity index (χ4v) is 2.23. The number of urea groups is 1. The Morgan fingerprint density at radius 3 is 2.80 bits per heavy atom. The molecule has 0 saturated carbocycles. The second-order valence-corrected chi connectivity index (χ2v) is 4.36. The maximum Gasteiger partial charge on any atom is 0.387 e. The number of nitrogens with one attached hydrogen (secondary N) is 2. The second kappa shape index (κ2) is 5.85. The fourth-order valence-electron chi connectivity index (χ4n) is 2.23. The van der Waals surface area contributed by atoms with E-state index in [4.69, 9.17) is 5.41 Å². The molecule has 2 N–H and O–H groups in total. The molecule has 1 aromatic carbocycles. The van der Waals surface area contributed by atoms with Gasteiger partial charge in [0.25, 0.3) is 0 Å². The van der Waals surface area contributed by atoms with E-state index in [1.165, 1.54) is 11.0 Å². The SMILES string of the molecule is CCCN1C(=O)NC(=N)C1c1ccccc1OC(F)F. The van der Waals surface area contributed by atoms with Gasteiger partial charge in [-0.1, -0.05) is 25.1 Å². The summed E-state index contributed by atoms with van der Waals surface area (Å²) in [6.07, 6.45) is 0.703. The molecule has 1 aliphatic heterocycles. The highest BCUT2D eigenvalue weighted by Gasteiger charge is 2.37. The number of para-hydroxylation sites is 1. The van der Waals surface area contributed by atoms with Crippen LogP contribution in [-0.4, -0.2) is 29.9 Å². The third-order valence-electron chi connectivity index (χ3n) is 2.98. The predicted octanol–water partition coefficient (Wildman–Crippen LogP) is 2.74. The largest absolute Gasteiger partial charge is 0.434 e. The number of amidine groups is 1. The Bertz CT molecular complexity index is 522. The molecule has 5 nitrogen and oxygen atoms in total. The Morgan fingerprint density at radius 2 is 2.15 bits per heavy atom. The normalized spacial score (nSPS) is 18.6. The monoisotopic (exact) mass is 283 g/mol. The lowest BCUT2D eigenvalue weighted by Crippen LogP contribution is -2.30. The van der Waals surface area contributed by atoms with Crippen LogP contribution in [0.3, 0.4) is 0 Å². The number of nitrogens with zero attached hydrogens (tertiary/aromatic N) is 1. The van der Waals surface area contributed by atoms with Crippen molar-refractivity contribution in [3.05, 3.63) is 29.8 Å². The van der Waals surface area contributed by atoms with E-state index in [1.54, 1.807) is 18.2 Å². The molecule has 1 heterocycles. The van der Waals surface area contributed by atoms with Crippen LogP contribution in [0, 0.1) is 5.41 Å². The van der Waals surface area contributed by atoms with Crippen molar-refractivity contribution in [3.8, 4) is 5.75 Å². The van der Waals surface area contributed by atoms with Crippen LogP contribution >= 0.6 is 0 Å². The van der Waals surface area contributed by atoms with Gasteiger partial charge in [0.1, 0.15) is 17.6 Å². The van der Waals surface area contributed by atoms with Crippen molar-refractivity contribution in [3.63, 3.8) is 0 Å². The number of ether oxygens (including phenoxy) is 1. The zero-order valence-corrected chi connectivity index (χ0v) is 10.9. The average Bonchev–Trinajstić information content (AvgIpc) is 2.65. The number of alkyl halides is 2. The summed E-state index contributed by atoms with van der Waals surface area (Å²) in [6.45, 7) is -0.620. The van der Waals surface area contributed by atoms with E-state index in [9.17, 15) is 13.6 Å². The summed E-state index contributed by atoms with van der Waals surface area (Å²) in [4.78, 5) is 13.2. The third kappa shape index (κ3) is 2.71. The molecule has 1 aliphatic rings. The van der Waals surface area contributed by atoms with E-state index >= 15 is 0 Å². The molecular weight excluding hydrogens is 268 g/mol. The van der Waals surface area contributed by atoms with Gasteiger partial charge in [-0.25, -0.2) is 4.79 Å². The zero-order chi connectivity index (χ0) is 14.7. The molecule has 1 unspecified atom stereocenters. The average molecular weight is 283 g/mol. The van der Waals surface area contributed by atoms with Gasteiger partial charge in [0.2, 0.25) is 0 Å². The van der Waals surface area contributed by atoms with Crippen LogP contribution < -0.4 is 10.1 Å². The number of amides is 2. The minimum absolute atomic E-state index is 0.0187. The molecule has 7 heteroatoms. The van der Waals surface area contributed by atoms with Gasteiger partial charge in [0.05, 0.1) is 0 Å². The van der Waals surface area contributed by atoms with Gasteiger partial charge in [0, 0.05) is 12.1 Å². The molecule has 2 amide bonds. The predicted molar refractivity (Wildman–Crippen MR) is 69.1 cm³/mol. The number of benzene rings is 1. The summed E-state index contributed by atoms with van der Waals surface area (Å²) in [7, 11) is 0. The molecule has 1 aromatic rings. The van der Waals surface area contributed by atoms with E-state index in [0.29, 0.717) is 18.5 Å². The van der Waals surface area contributed by atoms with Gasteiger partial charge in [-0.05, 0) is 12.5 Å². The maximum absolute atomic E-state index is 12.4. The molecule has 0 aromatic heterocycles. The van der Waals surface area contributed by atoms with Crippen LogP contribution in [0.4, 0.5) is 13.6 Å². The quantitative estimate of drug-likeness (QED) is 0.872. The van der Waals surface area contributed by atoms with Crippen molar-refractivity contribution < 1.29 is 18.3 Å². The molecule has 1 atom stereocenters. The molecular formula is C13H15F2N3O2. The highest BCUT2D eigenvalue weighted by molar-refractivity contribution is 6.06. The molecule has 1 fully saturated rings. The molecule has 20 heavy (non-hydrogen) atoms. The standard InChI is InChI=1S/C13H15F2N3O2/c1-2-7-18-10(11(16)17-13(18)19)8-5-3-4-6-9(8)20-12(14)15/h3-6,10,12H,2,7H2,1H3,(H2,16,17,19). The van der Waals surface area contributed by atoms with E-state index in [1.807, 2.05) is 6.92 Å². The number of carbonyl (C=O) groups is 1. The lowest BCUT2D eigenvalue weighted by molar-refractivity contribution is -0.0507. The third-order valence-corrected chi connectivity index (χ3v) is 2.98. The van der Waals surface area contributed by atoms with Crippen molar-refractivity contribution in [2.75, 3.05) is 6.54 Å². The molecule has 0 bridgehead atoms. The molecule has 108 valence electrons. The van der Waals surface area contributed by atoms with Gasteiger partial charge >= 0.3 is 12.6 Å². The second-order valence-electron chi connectivity index (χ2n) is 4.36. The van der Waals surface area contributed by atoms with Gasteiger partial charge < -0.3 is 9.64 Å². The number of halogens is 2. The highest BCUT2D eigenvalue weighted by Crippen LogP contribution is 2.33. The lowest BCUT2D eigenvalue weighted by Gasteiger charge is -2.24. The van der Waals surface area contributed by atoms with Gasteiger partial charge in [-0.3, -0.25) is 10.7 Å². The van der Waals surface area contributed by atoms with Crippen LogP contribution in [0.25, 0.3) is 0 Å². The van der Waals surface area contributed by atoms with Crippen LogP contribution in [0.1, 0.15) is 24.9 Å². The molecule has 2 rings (SSSR count). The molecule has 0 aliphatic carbocycles. The fraction of sp³-hybridized carbons (Fsp3) is 0.385. The molecule has 0 radical (unpaired) electrons. The highest BCUT2D eigenvalue weighted by atomic mass is 19.3. The Labute approximate surface area is 115 Å². The first kappa shape index (κ1) is 14.2. The Morgan fingerprint density at radius 1 is 1.45 bits per heavy atom. The summed E-state index contributed by atoms with van der Waals surface area (Å²) in [5, 5.41) is 10.3. The number of rotatable bonds is 5. The van der Waals surface area contributed by atoms with Crippen LogP contribution in [-0.2, 0) is 0 Å². The number of carbonyl (C=O) groups excluding carboxylic acids is 1. The number of hydrogen-bond donors (Lipinski definition) is 2. The van der Waals surface area contributed by atoms with E-state index in [-0.39, 0.29) is 11.6 Å². The smallest absolute Gasteiger partial charge is 0.387 e. The molecule has 0 spiro atoms. The maximum atomic E-state index is 12.4. The van der Waals surface area contributed by atoms with Crippen molar-refractivity contribution in [2.45, 2.75) is 26.0 Å². The van der Waals surface area contributed by atoms with Crippen molar-refractivity contribution >= 4 is 11.9 Å². The first-order chi connectivity index (χ1) is 9.54. The Hall–Kier alpha value is -2.18. The lowest BCUT2D eigenvalue weighted by atomic mass is 10.0. The van der Waals surface area contributed by atoms with Crippen molar-refractivity contribution in [1.29, 1.82) is 5.41 Å². The van der Waals surface area contributed by atoms with E-state index in [2.05, 4.69) is 10.1 Å². The van der Waals surface area contributed by atoms with Gasteiger partial charge in [0.15, 0.2) is 0 Å². The first-order valence-corrected chi connectivity index (χ1v) is 6.24. The summed E-state index contributed by atoms with van der Waals surface area (Å²) in [5.41, 5.74) is 0.379. The van der Waals surface area contributed by atoms with Gasteiger partial charge in [-0.15, -0.1) is 0 Å². The summed E-state index contributed by atoms with van der Waals surface area (Å²) >= 11 is 0. The topological polar surface area (TPSA) is 65.4 Å². The summed E-state index contributed by atoms with van der Waals surface area (Å²) in [5.74, 6) is -0.0522. The summed E-state index contributed by atoms with van der Waals surface area (Å²) < 4.78 is 29.3. The Kier molecular flexibility index (Phi) is 4.16. The first-order valence-electron chi connectivity index (χ1n) is 6.24.